The number of aryl methyl sites for hydroxylation is 2. The molecule has 3 rings (SSSR count). The molecule has 1 aliphatic heterocycles. The molecule has 1 aromatic heterocycles. The molecule has 5 heteroatoms. The molecule has 0 bridgehead atoms. The van der Waals surface area contributed by atoms with Crippen LogP contribution in [0.25, 0.3) is 0 Å². The van der Waals surface area contributed by atoms with E-state index in [0.29, 0.717) is 6.42 Å². The number of ether oxygens (including phenoxy) is 1. The van der Waals surface area contributed by atoms with Crippen molar-refractivity contribution in [3.05, 3.63) is 45.4 Å². The average Bonchev–Trinajstić information content (AvgIpc) is 2.75. The second kappa shape index (κ2) is 6.08. The van der Waals surface area contributed by atoms with Crippen LogP contribution in [0.4, 0.5) is 0 Å². The molecule has 0 unspecified atom stereocenters. The quantitative estimate of drug-likeness (QED) is 0.869. The highest BCUT2D eigenvalue weighted by molar-refractivity contribution is 7.11. The third kappa shape index (κ3) is 2.86. The van der Waals surface area contributed by atoms with Crippen LogP contribution >= 0.6 is 11.3 Å². The molecule has 1 aromatic carbocycles. The first-order valence-corrected chi connectivity index (χ1v) is 8.26. The fraction of sp³-hybridized carbons (Fsp3) is 0.412. The Hall–Kier alpha value is -1.88. The summed E-state index contributed by atoms with van der Waals surface area (Å²) < 4.78 is 5.27. The van der Waals surface area contributed by atoms with Gasteiger partial charge in [0, 0.05) is 11.4 Å². The van der Waals surface area contributed by atoms with E-state index in [9.17, 15) is 4.79 Å². The molecule has 1 aliphatic rings. The lowest BCUT2D eigenvalue weighted by Crippen LogP contribution is -2.45. The summed E-state index contributed by atoms with van der Waals surface area (Å²) in [6.45, 7) is 4.79. The first-order chi connectivity index (χ1) is 10.6. The van der Waals surface area contributed by atoms with E-state index in [1.54, 1.807) is 18.4 Å². The molecule has 4 nitrogen and oxygen atoms in total. The number of thiazole rings is 1. The molecule has 0 N–H and O–H groups in total. The summed E-state index contributed by atoms with van der Waals surface area (Å²) in [4.78, 5) is 20.0. The van der Waals surface area contributed by atoms with E-state index in [0.717, 1.165) is 39.9 Å². The Bertz CT molecular complexity index is 696. The van der Waals surface area contributed by atoms with Crippen LogP contribution in [-0.2, 0) is 11.2 Å². The number of likely N-dealkylation sites (tertiary alicyclic amines) is 1. The molecule has 1 saturated heterocycles. The van der Waals surface area contributed by atoms with E-state index in [4.69, 9.17) is 4.74 Å². The molecule has 1 amide bonds. The number of methoxy groups -OCH3 is 1. The molecule has 0 spiro atoms. The number of aromatic nitrogens is 1. The van der Waals surface area contributed by atoms with Gasteiger partial charge in [0.15, 0.2) is 0 Å². The van der Waals surface area contributed by atoms with Gasteiger partial charge in [-0.3, -0.25) is 4.79 Å². The molecule has 1 atom stereocenters. The Morgan fingerprint density at radius 2 is 2.27 bits per heavy atom. The number of rotatable bonds is 4. The smallest absolute Gasteiger partial charge is 0.228 e. The third-order valence-electron chi connectivity index (χ3n) is 4.13. The Morgan fingerprint density at radius 3 is 2.86 bits per heavy atom. The number of hydrogen-bond donors (Lipinski definition) is 0. The molecule has 0 saturated carbocycles. The standard InChI is InChI=1S/C17H20N2O2S/c1-11-16(22-12(2)18-11)10-17(20)19-8-7-15(19)13-5-4-6-14(9-13)21-3/h4-6,9,15H,7-8,10H2,1-3H3/t15-/m1/s1. The number of amides is 1. The minimum absolute atomic E-state index is 0.178. The van der Waals surface area contributed by atoms with Gasteiger partial charge in [0.2, 0.25) is 5.91 Å². The second-order valence-electron chi connectivity index (χ2n) is 5.59. The van der Waals surface area contributed by atoms with E-state index in [2.05, 4.69) is 11.1 Å². The Labute approximate surface area is 134 Å². The molecule has 0 radical (unpaired) electrons. The molecular weight excluding hydrogens is 296 g/mol. The number of hydrogen-bond acceptors (Lipinski definition) is 4. The Kier molecular flexibility index (Phi) is 4.16. The highest BCUT2D eigenvalue weighted by Gasteiger charge is 2.33. The molecule has 0 aliphatic carbocycles. The van der Waals surface area contributed by atoms with Gasteiger partial charge >= 0.3 is 0 Å². The number of carbonyl (C=O) groups excluding carboxylic acids is 1. The van der Waals surface area contributed by atoms with Crippen molar-refractivity contribution in [3.8, 4) is 5.75 Å². The predicted octanol–water partition coefficient (Wildman–Crippen LogP) is 3.28. The average molecular weight is 316 g/mol. The summed E-state index contributed by atoms with van der Waals surface area (Å²) in [5.74, 6) is 1.02. The van der Waals surface area contributed by atoms with Crippen molar-refractivity contribution in [2.24, 2.45) is 0 Å². The molecule has 2 aromatic rings. The molecule has 116 valence electrons. The zero-order valence-corrected chi connectivity index (χ0v) is 13.9. The highest BCUT2D eigenvalue weighted by Crippen LogP contribution is 2.35. The normalized spacial score (nSPS) is 17.2. The van der Waals surface area contributed by atoms with Crippen LogP contribution in [-0.4, -0.2) is 29.4 Å². The maximum Gasteiger partial charge on any atom is 0.228 e. The summed E-state index contributed by atoms with van der Waals surface area (Å²) in [7, 11) is 1.66. The van der Waals surface area contributed by atoms with Crippen molar-refractivity contribution in [1.29, 1.82) is 0 Å². The van der Waals surface area contributed by atoms with Gasteiger partial charge in [0.25, 0.3) is 0 Å². The fourth-order valence-corrected chi connectivity index (χ4v) is 3.79. The lowest BCUT2D eigenvalue weighted by atomic mass is 9.94. The first kappa shape index (κ1) is 15.0. The zero-order chi connectivity index (χ0) is 15.7. The fourth-order valence-electron chi connectivity index (χ4n) is 2.86. The number of nitrogens with zero attached hydrogens (tertiary/aromatic N) is 2. The molecular formula is C17H20N2O2S. The maximum absolute atomic E-state index is 12.6. The largest absolute Gasteiger partial charge is 0.497 e. The number of benzene rings is 1. The third-order valence-corrected chi connectivity index (χ3v) is 5.20. The summed E-state index contributed by atoms with van der Waals surface area (Å²) in [5, 5.41) is 1.02. The summed E-state index contributed by atoms with van der Waals surface area (Å²) in [5.41, 5.74) is 2.13. The van der Waals surface area contributed by atoms with Gasteiger partial charge in [-0.15, -0.1) is 11.3 Å². The van der Waals surface area contributed by atoms with Crippen molar-refractivity contribution in [1.82, 2.24) is 9.88 Å². The molecule has 2 heterocycles. The van der Waals surface area contributed by atoms with Gasteiger partial charge in [0.1, 0.15) is 5.75 Å². The van der Waals surface area contributed by atoms with Crippen LogP contribution in [0.15, 0.2) is 24.3 Å². The lowest BCUT2D eigenvalue weighted by molar-refractivity contribution is -0.138. The SMILES string of the molecule is COc1cccc([C@H]2CCN2C(=O)Cc2sc(C)nc2C)c1. The van der Waals surface area contributed by atoms with Gasteiger partial charge in [-0.2, -0.15) is 0 Å². The van der Waals surface area contributed by atoms with Gasteiger partial charge < -0.3 is 9.64 Å². The van der Waals surface area contributed by atoms with Crippen LogP contribution in [0, 0.1) is 13.8 Å². The Morgan fingerprint density at radius 1 is 1.45 bits per heavy atom. The van der Waals surface area contributed by atoms with Crippen LogP contribution in [0.1, 0.15) is 33.6 Å². The van der Waals surface area contributed by atoms with Gasteiger partial charge in [0.05, 0.1) is 30.3 Å². The van der Waals surface area contributed by atoms with Gasteiger partial charge in [-0.05, 0) is 38.0 Å². The van der Waals surface area contributed by atoms with E-state index >= 15 is 0 Å². The maximum atomic E-state index is 12.6. The predicted molar refractivity (Wildman–Crippen MR) is 87.4 cm³/mol. The Balaban J connectivity index is 1.72. The van der Waals surface area contributed by atoms with Crippen molar-refractivity contribution in [2.75, 3.05) is 13.7 Å². The van der Waals surface area contributed by atoms with E-state index in [-0.39, 0.29) is 11.9 Å². The van der Waals surface area contributed by atoms with Crippen molar-refractivity contribution < 1.29 is 9.53 Å². The van der Waals surface area contributed by atoms with Crippen molar-refractivity contribution >= 4 is 17.2 Å². The summed E-state index contributed by atoms with van der Waals surface area (Å²) in [6, 6.07) is 8.17. The molecule has 1 fully saturated rings. The van der Waals surface area contributed by atoms with Gasteiger partial charge in [-0.25, -0.2) is 4.98 Å². The molecule has 22 heavy (non-hydrogen) atoms. The van der Waals surface area contributed by atoms with E-state index in [1.807, 2.05) is 36.9 Å². The van der Waals surface area contributed by atoms with Crippen LogP contribution in [0.3, 0.4) is 0 Å². The second-order valence-corrected chi connectivity index (χ2v) is 6.87. The summed E-state index contributed by atoms with van der Waals surface area (Å²) >= 11 is 1.62. The van der Waals surface area contributed by atoms with Crippen molar-refractivity contribution in [2.45, 2.75) is 32.7 Å². The topological polar surface area (TPSA) is 42.4 Å². The van der Waals surface area contributed by atoms with Crippen LogP contribution < -0.4 is 4.74 Å². The van der Waals surface area contributed by atoms with Gasteiger partial charge in [-0.1, -0.05) is 12.1 Å². The van der Waals surface area contributed by atoms with Crippen LogP contribution in [0.2, 0.25) is 0 Å². The van der Waals surface area contributed by atoms with E-state index < -0.39 is 0 Å². The highest BCUT2D eigenvalue weighted by atomic mass is 32.1. The van der Waals surface area contributed by atoms with E-state index in [1.165, 1.54) is 0 Å². The van der Waals surface area contributed by atoms with Crippen molar-refractivity contribution in [3.63, 3.8) is 0 Å². The number of carbonyl (C=O) groups is 1. The monoisotopic (exact) mass is 316 g/mol. The lowest BCUT2D eigenvalue weighted by Gasteiger charge is -2.41. The summed E-state index contributed by atoms with van der Waals surface area (Å²) in [6.07, 6.45) is 1.47. The first-order valence-electron chi connectivity index (χ1n) is 7.45. The minimum atomic E-state index is 0.178. The van der Waals surface area contributed by atoms with Crippen LogP contribution in [0.5, 0.6) is 5.75 Å². The zero-order valence-electron chi connectivity index (χ0n) is 13.1. The minimum Gasteiger partial charge on any atom is -0.497 e.